The van der Waals surface area contributed by atoms with Crippen LogP contribution in [0.2, 0.25) is 0 Å². The minimum atomic E-state index is -4.52. The molecule has 5 rings (SSSR count). The summed E-state index contributed by atoms with van der Waals surface area (Å²) < 4.78 is 75.2. The summed E-state index contributed by atoms with van der Waals surface area (Å²) in [5.74, 6) is -0.265. The Hall–Kier alpha value is -4.65. The molecule has 1 saturated carbocycles. The van der Waals surface area contributed by atoms with Gasteiger partial charge in [-0.1, -0.05) is 65.8 Å². The van der Waals surface area contributed by atoms with Crippen LogP contribution in [0.15, 0.2) is 77.3 Å². The molecule has 2 amide bonds. The van der Waals surface area contributed by atoms with Crippen molar-refractivity contribution in [1.82, 2.24) is 9.88 Å². The summed E-state index contributed by atoms with van der Waals surface area (Å²) in [6, 6.07) is 19.1. The molecule has 1 aliphatic rings. The number of nitrogens with one attached hydrogen (secondary N) is 2. The maximum atomic E-state index is 13.1. The number of sulfonamides is 1. The summed E-state index contributed by atoms with van der Waals surface area (Å²) in [4.78, 5) is 25.2. The lowest BCUT2D eigenvalue weighted by atomic mass is 9.93. The molecule has 9 nitrogen and oxygen atoms in total. The van der Waals surface area contributed by atoms with E-state index in [9.17, 15) is 31.2 Å². The summed E-state index contributed by atoms with van der Waals surface area (Å²) in [6.07, 6.45) is -4.30. The number of aryl methyl sites for hydroxylation is 1. The molecule has 1 atom stereocenters. The number of amides is 2. The molecule has 3 aromatic carbocycles. The Morgan fingerprint density at radius 2 is 1.57 bits per heavy atom. The minimum absolute atomic E-state index is 0.185. The second kappa shape index (κ2) is 11.5. The van der Waals surface area contributed by atoms with Gasteiger partial charge in [0, 0.05) is 5.56 Å². The van der Waals surface area contributed by atoms with Crippen LogP contribution in [0.5, 0.6) is 0 Å². The molecule has 1 aliphatic carbocycles. The number of hydrogen-bond donors (Lipinski definition) is 2. The smallest absolute Gasteiger partial charge is 0.416 e. The molecule has 2 N–H and O–H groups in total. The summed E-state index contributed by atoms with van der Waals surface area (Å²) in [5.41, 5.74) is 2.18. The van der Waals surface area contributed by atoms with E-state index in [0.717, 1.165) is 35.1 Å². The molecule has 230 valence electrons. The van der Waals surface area contributed by atoms with E-state index in [1.165, 1.54) is 19.1 Å². The predicted octanol–water partition coefficient (Wildman–Crippen LogP) is 6.75. The minimum Gasteiger partial charge on any atom is -0.441 e. The lowest BCUT2D eigenvalue weighted by Crippen LogP contribution is -2.38. The average molecular weight is 628 g/mol. The zero-order valence-electron chi connectivity index (χ0n) is 23.9. The Kier molecular flexibility index (Phi) is 8.02. The summed E-state index contributed by atoms with van der Waals surface area (Å²) in [6.45, 7) is 3.09. The second-order valence-corrected chi connectivity index (χ2v) is 12.5. The number of nitrogens with zero attached hydrogens (tertiary/aromatic N) is 1. The predicted molar refractivity (Wildman–Crippen MR) is 156 cm³/mol. The largest absolute Gasteiger partial charge is 0.441 e. The molecule has 0 saturated heterocycles. The maximum Gasteiger partial charge on any atom is 0.416 e. The number of halogens is 3. The van der Waals surface area contributed by atoms with Crippen LogP contribution in [0, 0.1) is 6.92 Å². The fraction of sp³-hybridized carbons (Fsp3) is 0.258. The van der Waals surface area contributed by atoms with Crippen molar-refractivity contribution in [3.05, 3.63) is 95.2 Å². The molecule has 1 unspecified atom stereocenters. The van der Waals surface area contributed by atoms with Crippen LogP contribution >= 0.6 is 0 Å². The van der Waals surface area contributed by atoms with Crippen molar-refractivity contribution in [2.24, 2.45) is 0 Å². The quantitative estimate of drug-likeness (QED) is 0.221. The number of rotatable bonds is 8. The number of ether oxygens (including phenoxy) is 1. The van der Waals surface area contributed by atoms with E-state index < -0.39 is 45.3 Å². The van der Waals surface area contributed by atoms with Gasteiger partial charge in [-0.3, -0.25) is 14.8 Å². The van der Waals surface area contributed by atoms with Crippen molar-refractivity contribution in [2.75, 3.05) is 11.6 Å². The van der Waals surface area contributed by atoms with Crippen LogP contribution in [0.3, 0.4) is 0 Å². The summed E-state index contributed by atoms with van der Waals surface area (Å²) >= 11 is 0. The first kappa shape index (κ1) is 30.8. The number of carbonyl (C=O) groups is 2. The maximum absolute atomic E-state index is 13.1. The van der Waals surface area contributed by atoms with Gasteiger partial charge in [0.25, 0.3) is 0 Å². The molecule has 1 aromatic heterocycles. The van der Waals surface area contributed by atoms with Crippen molar-refractivity contribution >= 4 is 27.7 Å². The highest BCUT2D eigenvalue weighted by atomic mass is 32.2. The van der Waals surface area contributed by atoms with Crippen LogP contribution in [0.1, 0.15) is 48.3 Å². The Morgan fingerprint density at radius 1 is 0.977 bits per heavy atom. The van der Waals surface area contributed by atoms with Crippen LogP contribution in [0.4, 0.5) is 23.7 Å². The topological polar surface area (TPSA) is 128 Å². The van der Waals surface area contributed by atoms with Crippen LogP contribution in [-0.2, 0) is 31.1 Å². The first-order chi connectivity index (χ1) is 20.7. The highest BCUT2D eigenvalue weighted by Crippen LogP contribution is 2.49. The monoisotopic (exact) mass is 627 g/mol. The number of carbonyl (C=O) groups excluding carboxylic acids is 2. The molecule has 0 aliphatic heterocycles. The van der Waals surface area contributed by atoms with Crippen molar-refractivity contribution < 1.29 is 40.4 Å². The zero-order valence-corrected chi connectivity index (χ0v) is 24.7. The number of benzene rings is 3. The molecular weight excluding hydrogens is 599 g/mol. The van der Waals surface area contributed by atoms with Gasteiger partial charge in [-0.25, -0.2) is 13.2 Å². The van der Waals surface area contributed by atoms with Crippen molar-refractivity contribution in [3.8, 4) is 22.5 Å². The van der Waals surface area contributed by atoms with Crippen molar-refractivity contribution in [2.45, 2.75) is 44.4 Å². The highest BCUT2D eigenvalue weighted by molar-refractivity contribution is 7.89. The van der Waals surface area contributed by atoms with Gasteiger partial charge in [0.15, 0.2) is 5.76 Å². The van der Waals surface area contributed by atoms with E-state index in [0.29, 0.717) is 24.1 Å². The van der Waals surface area contributed by atoms with Crippen LogP contribution in [0.25, 0.3) is 22.5 Å². The van der Waals surface area contributed by atoms with E-state index in [-0.39, 0.29) is 17.0 Å². The second-order valence-electron chi connectivity index (χ2n) is 10.7. The van der Waals surface area contributed by atoms with E-state index in [1.807, 2.05) is 36.4 Å². The summed E-state index contributed by atoms with van der Waals surface area (Å²) in [5, 5.41) is 6.53. The first-order valence-corrected chi connectivity index (χ1v) is 15.4. The van der Waals surface area contributed by atoms with Crippen LogP contribution < -0.4 is 10.0 Å². The molecule has 0 spiro atoms. The fourth-order valence-corrected chi connectivity index (χ4v) is 5.41. The number of alkyl halides is 3. The lowest BCUT2D eigenvalue weighted by Gasteiger charge is -2.16. The molecule has 4 aromatic rings. The van der Waals surface area contributed by atoms with E-state index in [2.05, 4.69) is 15.2 Å². The Labute approximate surface area is 251 Å². The Morgan fingerprint density at radius 3 is 2.14 bits per heavy atom. The fourth-order valence-electron chi connectivity index (χ4n) is 4.88. The van der Waals surface area contributed by atoms with Gasteiger partial charge in [-0.15, -0.1) is 0 Å². The first-order valence-electron chi connectivity index (χ1n) is 13.5. The van der Waals surface area contributed by atoms with Crippen molar-refractivity contribution in [1.29, 1.82) is 0 Å². The van der Waals surface area contributed by atoms with Gasteiger partial charge in [0.05, 0.1) is 17.2 Å². The Bertz CT molecular complexity index is 1810. The summed E-state index contributed by atoms with van der Waals surface area (Å²) in [7, 11) is -3.66. The van der Waals surface area contributed by atoms with Gasteiger partial charge in [-0.05, 0) is 61.1 Å². The third-order valence-electron chi connectivity index (χ3n) is 7.44. The zero-order chi connectivity index (χ0) is 31.9. The molecule has 13 heteroatoms. The lowest BCUT2D eigenvalue weighted by molar-refractivity contribution is -0.137. The Balaban J connectivity index is 1.27. The van der Waals surface area contributed by atoms with Crippen LogP contribution in [-0.4, -0.2) is 31.8 Å². The van der Waals surface area contributed by atoms with Gasteiger partial charge < -0.3 is 9.26 Å². The van der Waals surface area contributed by atoms with Gasteiger partial charge in [0.2, 0.25) is 15.9 Å². The third-order valence-corrected chi connectivity index (χ3v) is 7.99. The number of aromatic nitrogens is 1. The van der Waals surface area contributed by atoms with E-state index in [4.69, 9.17) is 9.26 Å². The van der Waals surface area contributed by atoms with Crippen molar-refractivity contribution in [3.63, 3.8) is 0 Å². The molecule has 44 heavy (non-hydrogen) atoms. The number of hydrogen-bond acceptors (Lipinski definition) is 7. The molecule has 1 fully saturated rings. The molecule has 0 radical (unpaired) electrons. The van der Waals surface area contributed by atoms with Gasteiger partial charge in [-0.2, -0.15) is 13.2 Å². The molecule has 1 heterocycles. The average Bonchev–Trinajstić information content (AvgIpc) is 3.71. The molecule has 0 bridgehead atoms. The van der Waals surface area contributed by atoms with E-state index >= 15 is 0 Å². The SMILES string of the molecule is Cc1noc(-c2ccc(-c3ccc(C4(C(=O)NS(C)(=O)=O)CC4)cc3)cc2)c1NC(=O)OC(C)c1cccc(C(F)(F)F)c1. The highest BCUT2D eigenvalue weighted by Gasteiger charge is 2.52. The van der Waals surface area contributed by atoms with E-state index in [1.54, 1.807) is 19.1 Å². The number of anilines is 1. The standard InChI is InChI=1S/C31H28F3N3O6S/c1-18-26(35-29(39)42-19(2)23-5-4-6-25(17-23)31(32,33)34)27(43-36-18)22-9-7-20(8-10-22)21-11-13-24(14-12-21)30(15-16-30)28(38)37-44(3,40)41/h4-14,17,19H,15-16H2,1-3H3,(H,35,39)(H,37,38). The van der Waals surface area contributed by atoms with Gasteiger partial charge >= 0.3 is 12.3 Å². The third kappa shape index (κ3) is 6.62. The normalized spacial score (nSPS) is 14.9. The van der Waals surface area contributed by atoms with Gasteiger partial charge in [0.1, 0.15) is 17.5 Å². The molecular formula is C31H28F3N3O6S.